The van der Waals surface area contributed by atoms with Crippen molar-refractivity contribution in [2.45, 2.75) is 45.3 Å². The summed E-state index contributed by atoms with van der Waals surface area (Å²) in [6, 6.07) is 15.8. The van der Waals surface area contributed by atoms with Crippen LogP contribution in [0.3, 0.4) is 0 Å². The smallest absolute Gasteiger partial charge is 0.262 e. The van der Waals surface area contributed by atoms with Gasteiger partial charge < -0.3 is 14.9 Å². The molecule has 0 aliphatic carbocycles. The Labute approximate surface area is 204 Å². The SMILES string of the molecule is CC(C)C(N)c1c2n(c3ccccc13)CCCC2N1C(=O)C=C(c2cn(C)c3ccccc23)C1=O. The van der Waals surface area contributed by atoms with Crippen LogP contribution in [-0.4, -0.2) is 25.8 Å². The Morgan fingerprint density at radius 2 is 1.66 bits per heavy atom. The number of hydrogen-bond acceptors (Lipinski definition) is 3. The van der Waals surface area contributed by atoms with Crippen molar-refractivity contribution in [1.29, 1.82) is 0 Å². The van der Waals surface area contributed by atoms with Gasteiger partial charge in [-0.25, -0.2) is 0 Å². The number of carbonyl (C=O) groups excluding carboxylic acids is 2. The maximum Gasteiger partial charge on any atom is 0.262 e. The van der Waals surface area contributed by atoms with E-state index in [-0.39, 0.29) is 29.8 Å². The molecule has 2 unspecified atom stereocenters. The number of amides is 2. The highest BCUT2D eigenvalue weighted by molar-refractivity contribution is 6.35. The minimum atomic E-state index is -0.334. The maximum absolute atomic E-state index is 13.9. The molecule has 2 aliphatic heterocycles. The zero-order valence-electron chi connectivity index (χ0n) is 20.4. The van der Waals surface area contributed by atoms with Crippen molar-refractivity contribution < 1.29 is 9.59 Å². The van der Waals surface area contributed by atoms with E-state index >= 15 is 0 Å². The predicted octanol–water partition coefficient (Wildman–Crippen LogP) is 5.08. The molecule has 6 heteroatoms. The van der Waals surface area contributed by atoms with Gasteiger partial charge in [-0.3, -0.25) is 14.5 Å². The summed E-state index contributed by atoms with van der Waals surface area (Å²) in [6.07, 6.45) is 5.10. The van der Waals surface area contributed by atoms with Gasteiger partial charge in [0.05, 0.1) is 11.6 Å². The van der Waals surface area contributed by atoms with Gasteiger partial charge in [0, 0.05) is 70.5 Å². The Morgan fingerprint density at radius 1 is 0.971 bits per heavy atom. The number of nitrogens with two attached hydrogens (primary N) is 1. The predicted molar refractivity (Wildman–Crippen MR) is 138 cm³/mol. The van der Waals surface area contributed by atoms with E-state index in [9.17, 15) is 9.59 Å². The fraction of sp³-hybridized carbons (Fsp3) is 0.310. The number of aryl methyl sites for hydroxylation is 2. The van der Waals surface area contributed by atoms with E-state index in [4.69, 9.17) is 5.73 Å². The van der Waals surface area contributed by atoms with Crippen LogP contribution >= 0.6 is 0 Å². The summed E-state index contributed by atoms with van der Waals surface area (Å²) in [5.74, 6) is -0.243. The van der Waals surface area contributed by atoms with Crippen LogP contribution in [0.5, 0.6) is 0 Å². The minimum absolute atomic E-state index is 0.185. The van der Waals surface area contributed by atoms with Gasteiger partial charge in [-0.1, -0.05) is 50.2 Å². The monoisotopic (exact) mass is 466 g/mol. The molecule has 0 saturated heterocycles. The molecule has 0 spiro atoms. The Morgan fingerprint density at radius 3 is 2.40 bits per heavy atom. The molecule has 4 heterocycles. The van der Waals surface area contributed by atoms with Gasteiger partial charge in [0.2, 0.25) is 0 Å². The number of nitrogens with zero attached hydrogens (tertiary/aromatic N) is 3. The first kappa shape index (κ1) is 21.9. The quantitative estimate of drug-likeness (QED) is 0.427. The van der Waals surface area contributed by atoms with Crippen LogP contribution in [0.25, 0.3) is 27.4 Å². The molecular formula is C29H30N4O2. The summed E-state index contributed by atoms with van der Waals surface area (Å²) >= 11 is 0. The van der Waals surface area contributed by atoms with Crippen LogP contribution in [0, 0.1) is 5.92 Å². The van der Waals surface area contributed by atoms with Crippen molar-refractivity contribution in [2.24, 2.45) is 18.7 Å². The third-order valence-electron chi connectivity index (χ3n) is 7.73. The highest BCUT2D eigenvalue weighted by atomic mass is 16.2. The first-order valence-corrected chi connectivity index (χ1v) is 12.4. The average Bonchev–Trinajstić information content (AvgIpc) is 3.47. The fourth-order valence-corrected chi connectivity index (χ4v) is 5.99. The molecule has 0 bridgehead atoms. The van der Waals surface area contributed by atoms with Crippen molar-refractivity contribution in [1.82, 2.24) is 14.0 Å². The van der Waals surface area contributed by atoms with E-state index in [1.165, 1.54) is 11.0 Å². The topological polar surface area (TPSA) is 73.3 Å². The minimum Gasteiger partial charge on any atom is -0.350 e. The van der Waals surface area contributed by atoms with Crippen molar-refractivity contribution in [2.75, 3.05) is 0 Å². The Hall–Kier alpha value is -3.64. The molecule has 2 amide bonds. The normalized spacial score (nSPS) is 19.2. The third-order valence-corrected chi connectivity index (χ3v) is 7.73. The highest BCUT2D eigenvalue weighted by Gasteiger charge is 2.42. The number of fused-ring (bicyclic) bond motifs is 4. The molecular weight excluding hydrogens is 436 g/mol. The number of imide groups is 1. The maximum atomic E-state index is 13.9. The van der Waals surface area contributed by atoms with Crippen LogP contribution < -0.4 is 5.73 Å². The molecule has 0 saturated carbocycles. The fourth-order valence-electron chi connectivity index (χ4n) is 5.99. The lowest BCUT2D eigenvalue weighted by Crippen LogP contribution is -2.38. The number of aromatic nitrogens is 2. The van der Waals surface area contributed by atoms with E-state index < -0.39 is 0 Å². The molecule has 2 aromatic carbocycles. The van der Waals surface area contributed by atoms with Gasteiger partial charge in [-0.15, -0.1) is 0 Å². The van der Waals surface area contributed by atoms with Crippen molar-refractivity contribution >= 4 is 39.2 Å². The number of carbonyl (C=O) groups is 2. The largest absolute Gasteiger partial charge is 0.350 e. The second-order valence-electron chi connectivity index (χ2n) is 10.1. The van der Waals surface area contributed by atoms with Crippen LogP contribution in [0.15, 0.2) is 60.8 Å². The summed E-state index contributed by atoms with van der Waals surface area (Å²) in [5.41, 5.74) is 12.3. The van der Waals surface area contributed by atoms with Crippen LogP contribution in [-0.2, 0) is 23.2 Å². The lowest BCUT2D eigenvalue weighted by Gasteiger charge is -2.34. The summed E-state index contributed by atoms with van der Waals surface area (Å²) in [7, 11) is 1.96. The molecule has 178 valence electrons. The molecule has 4 aromatic rings. The van der Waals surface area contributed by atoms with Crippen LogP contribution in [0.4, 0.5) is 0 Å². The van der Waals surface area contributed by atoms with Gasteiger partial charge in [0.25, 0.3) is 11.8 Å². The number of para-hydroxylation sites is 2. The second-order valence-corrected chi connectivity index (χ2v) is 10.1. The molecule has 2 atom stereocenters. The molecule has 2 aromatic heterocycles. The average molecular weight is 467 g/mol. The first-order chi connectivity index (χ1) is 16.9. The summed E-state index contributed by atoms with van der Waals surface area (Å²) < 4.78 is 4.29. The Balaban J connectivity index is 1.48. The zero-order chi connectivity index (χ0) is 24.4. The lowest BCUT2D eigenvalue weighted by molar-refractivity contribution is -0.139. The van der Waals surface area contributed by atoms with Gasteiger partial charge in [-0.05, 0) is 30.9 Å². The molecule has 6 rings (SSSR count). The second kappa shape index (κ2) is 7.95. The molecule has 2 aliphatic rings. The van der Waals surface area contributed by atoms with Crippen molar-refractivity contribution in [3.63, 3.8) is 0 Å². The van der Waals surface area contributed by atoms with Crippen molar-refractivity contribution in [3.05, 3.63) is 77.6 Å². The van der Waals surface area contributed by atoms with E-state index in [1.807, 2.05) is 54.2 Å². The Kier molecular flexibility index (Phi) is 4.97. The summed E-state index contributed by atoms with van der Waals surface area (Å²) in [4.78, 5) is 28.8. The molecule has 35 heavy (non-hydrogen) atoms. The van der Waals surface area contributed by atoms with Gasteiger partial charge in [0.15, 0.2) is 0 Å². The summed E-state index contributed by atoms with van der Waals surface area (Å²) in [5, 5.41) is 2.10. The van der Waals surface area contributed by atoms with Crippen LogP contribution in [0.1, 0.15) is 55.6 Å². The summed E-state index contributed by atoms with van der Waals surface area (Å²) in [6.45, 7) is 5.10. The van der Waals surface area contributed by atoms with E-state index in [1.54, 1.807) is 0 Å². The van der Waals surface area contributed by atoms with Gasteiger partial charge in [-0.2, -0.15) is 0 Å². The van der Waals surface area contributed by atoms with Crippen LogP contribution in [0.2, 0.25) is 0 Å². The zero-order valence-corrected chi connectivity index (χ0v) is 20.4. The van der Waals surface area contributed by atoms with E-state index in [0.29, 0.717) is 5.57 Å². The lowest BCUT2D eigenvalue weighted by atomic mass is 9.89. The number of benzene rings is 2. The number of rotatable bonds is 4. The third kappa shape index (κ3) is 3.13. The number of hydrogen-bond donors (Lipinski definition) is 1. The van der Waals surface area contributed by atoms with Gasteiger partial charge in [0.1, 0.15) is 0 Å². The highest BCUT2D eigenvalue weighted by Crippen LogP contribution is 2.45. The molecule has 0 radical (unpaired) electrons. The molecule has 6 nitrogen and oxygen atoms in total. The standard InChI is InChI=1S/C29H30N4O2/c1-17(2)27(30)26-19-10-5-7-12-23(19)32-14-8-13-24(28(26)32)33-25(34)15-20(29(33)35)21-16-31(3)22-11-6-4-9-18(21)22/h4-7,9-12,15-17,24,27H,8,13-14,30H2,1-3H3. The van der Waals surface area contributed by atoms with Crippen molar-refractivity contribution in [3.8, 4) is 0 Å². The molecule has 2 N–H and O–H groups in total. The first-order valence-electron chi connectivity index (χ1n) is 12.4. The van der Waals surface area contributed by atoms with Gasteiger partial charge >= 0.3 is 0 Å². The van der Waals surface area contributed by atoms with E-state index in [2.05, 4.69) is 30.5 Å². The molecule has 0 fully saturated rings. The van der Waals surface area contributed by atoms with E-state index in [0.717, 1.165) is 58.0 Å². The Bertz CT molecular complexity index is 1540.